The maximum Gasteiger partial charge on any atom is 0.326 e. The SMILES string of the molecule is Cc1cc(C(=O)N(C)C(C)C(=O)O)cc(C)c1OCc1cccnc1. The van der Waals surface area contributed by atoms with Crippen molar-refractivity contribution in [2.24, 2.45) is 0 Å². The third-order valence-electron chi connectivity index (χ3n) is 4.07. The highest BCUT2D eigenvalue weighted by atomic mass is 16.5. The van der Waals surface area contributed by atoms with Crippen LogP contribution in [0.25, 0.3) is 0 Å². The lowest BCUT2D eigenvalue weighted by atomic mass is 10.0. The van der Waals surface area contributed by atoms with E-state index in [1.807, 2.05) is 26.0 Å². The minimum atomic E-state index is -1.04. The summed E-state index contributed by atoms with van der Waals surface area (Å²) in [5.74, 6) is -0.657. The maximum absolute atomic E-state index is 12.5. The zero-order chi connectivity index (χ0) is 18.6. The summed E-state index contributed by atoms with van der Waals surface area (Å²) in [5, 5.41) is 9.06. The van der Waals surface area contributed by atoms with Crippen molar-refractivity contribution in [3.05, 3.63) is 58.9 Å². The van der Waals surface area contributed by atoms with Gasteiger partial charge in [0.2, 0.25) is 0 Å². The molecule has 0 saturated heterocycles. The zero-order valence-corrected chi connectivity index (χ0v) is 14.8. The van der Waals surface area contributed by atoms with Gasteiger partial charge in [0.15, 0.2) is 0 Å². The number of aromatic nitrogens is 1. The summed E-state index contributed by atoms with van der Waals surface area (Å²) >= 11 is 0. The number of aliphatic carboxylic acids is 1. The number of hydrogen-bond donors (Lipinski definition) is 1. The number of pyridine rings is 1. The molecule has 1 atom stereocenters. The van der Waals surface area contributed by atoms with Crippen molar-refractivity contribution < 1.29 is 19.4 Å². The molecule has 6 nitrogen and oxygen atoms in total. The number of carboxylic acid groups (broad SMARTS) is 1. The minimum absolute atomic E-state index is 0.333. The molecule has 0 spiro atoms. The number of carbonyl (C=O) groups excluding carboxylic acids is 1. The Kier molecular flexibility index (Phi) is 5.75. The fraction of sp³-hybridized carbons (Fsp3) is 0.316. The standard InChI is InChI=1S/C19H22N2O4/c1-12-8-16(18(22)21(4)14(3)19(23)24)9-13(2)17(12)25-11-15-6-5-7-20-10-15/h5-10,14H,11H2,1-4H3,(H,23,24). The van der Waals surface area contributed by atoms with E-state index in [-0.39, 0.29) is 5.91 Å². The fourth-order valence-electron chi connectivity index (χ4n) is 2.49. The van der Waals surface area contributed by atoms with Gasteiger partial charge in [-0.25, -0.2) is 4.79 Å². The van der Waals surface area contributed by atoms with Gasteiger partial charge in [0.05, 0.1) is 0 Å². The van der Waals surface area contributed by atoms with Crippen LogP contribution in [0.2, 0.25) is 0 Å². The van der Waals surface area contributed by atoms with E-state index >= 15 is 0 Å². The monoisotopic (exact) mass is 342 g/mol. The summed E-state index contributed by atoms with van der Waals surface area (Å²) in [4.78, 5) is 28.8. The lowest BCUT2D eigenvalue weighted by molar-refractivity contribution is -0.141. The Morgan fingerprint density at radius 1 is 1.28 bits per heavy atom. The Morgan fingerprint density at radius 2 is 1.92 bits per heavy atom. The number of amides is 1. The van der Waals surface area contributed by atoms with E-state index in [2.05, 4.69) is 4.98 Å². The molecule has 0 saturated carbocycles. The second-order valence-corrected chi connectivity index (χ2v) is 6.02. The molecular weight excluding hydrogens is 320 g/mol. The van der Waals surface area contributed by atoms with Gasteiger partial charge < -0.3 is 14.7 Å². The van der Waals surface area contributed by atoms with Crippen LogP contribution in [-0.2, 0) is 11.4 Å². The smallest absolute Gasteiger partial charge is 0.326 e. The summed E-state index contributed by atoms with van der Waals surface area (Å²) < 4.78 is 5.88. The number of carbonyl (C=O) groups is 2. The topological polar surface area (TPSA) is 79.7 Å². The second kappa shape index (κ2) is 7.79. The number of carboxylic acids is 1. The molecule has 132 valence electrons. The van der Waals surface area contributed by atoms with Crippen LogP contribution in [0.5, 0.6) is 5.75 Å². The van der Waals surface area contributed by atoms with Crippen LogP contribution >= 0.6 is 0 Å². The molecular formula is C19H22N2O4. The van der Waals surface area contributed by atoms with Crippen molar-refractivity contribution in [3.8, 4) is 5.75 Å². The Morgan fingerprint density at radius 3 is 2.44 bits per heavy atom. The van der Waals surface area contributed by atoms with Crippen LogP contribution < -0.4 is 4.74 Å². The number of aryl methyl sites for hydroxylation is 2. The number of benzene rings is 1. The van der Waals surface area contributed by atoms with Gasteiger partial charge in [0, 0.05) is 30.6 Å². The van der Waals surface area contributed by atoms with Crippen molar-refractivity contribution >= 4 is 11.9 Å². The highest BCUT2D eigenvalue weighted by Gasteiger charge is 2.23. The third kappa shape index (κ3) is 4.35. The lowest BCUT2D eigenvalue weighted by Gasteiger charge is -2.22. The van der Waals surface area contributed by atoms with Gasteiger partial charge in [-0.15, -0.1) is 0 Å². The molecule has 1 N–H and O–H groups in total. The molecule has 1 aromatic heterocycles. The van der Waals surface area contributed by atoms with Crippen LogP contribution in [0.15, 0.2) is 36.7 Å². The summed E-state index contributed by atoms with van der Waals surface area (Å²) in [5.41, 5.74) is 3.04. The molecule has 2 rings (SSSR count). The molecule has 1 heterocycles. The molecule has 0 radical (unpaired) electrons. The van der Waals surface area contributed by atoms with Gasteiger partial charge in [0.1, 0.15) is 18.4 Å². The predicted octanol–water partition coefficient (Wildman–Crippen LogP) is 2.82. The van der Waals surface area contributed by atoms with Crippen molar-refractivity contribution in [3.63, 3.8) is 0 Å². The van der Waals surface area contributed by atoms with E-state index in [0.29, 0.717) is 17.9 Å². The van der Waals surface area contributed by atoms with Crippen molar-refractivity contribution in [2.75, 3.05) is 7.05 Å². The quantitative estimate of drug-likeness (QED) is 0.873. The molecule has 2 aromatic rings. The van der Waals surface area contributed by atoms with E-state index in [0.717, 1.165) is 16.7 Å². The predicted molar refractivity (Wildman–Crippen MR) is 93.7 cm³/mol. The number of likely N-dealkylation sites (N-methyl/N-ethyl adjacent to an activating group) is 1. The number of hydrogen-bond acceptors (Lipinski definition) is 4. The van der Waals surface area contributed by atoms with Gasteiger partial charge in [-0.3, -0.25) is 9.78 Å². The molecule has 0 aliphatic carbocycles. The first-order chi connectivity index (χ1) is 11.8. The first-order valence-corrected chi connectivity index (χ1v) is 7.94. The average molecular weight is 342 g/mol. The number of nitrogens with zero attached hydrogens (tertiary/aromatic N) is 2. The van der Waals surface area contributed by atoms with Crippen LogP contribution in [0.1, 0.15) is 34.0 Å². The molecule has 0 bridgehead atoms. The Balaban J connectivity index is 2.19. The zero-order valence-electron chi connectivity index (χ0n) is 14.8. The Hall–Kier alpha value is -2.89. The summed E-state index contributed by atoms with van der Waals surface area (Å²) in [6.45, 7) is 5.59. The molecule has 1 unspecified atom stereocenters. The van der Waals surface area contributed by atoms with Crippen LogP contribution in [-0.4, -0.2) is 40.0 Å². The van der Waals surface area contributed by atoms with Crippen LogP contribution in [0.3, 0.4) is 0 Å². The molecule has 0 aliphatic heterocycles. The van der Waals surface area contributed by atoms with E-state index in [1.165, 1.54) is 18.9 Å². The van der Waals surface area contributed by atoms with Crippen LogP contribution in [0.4, 0.5) is 0 Å². The van der Waals surface area contributed by atoms with E-state index < -0.39 is 12.0 Å². The van der Waals surface area contributed by atoms with Crippen molar-refractivity contribution in [1.82, 2.24) is 9.88 Å². The first-order valence-electron chi connectivity index (χ1n) is 7.94. The van der Waals surface area contributed by atoms with Crippen molar-refractivity contribution in [2.45, 2.75) is 33.4 Å². The third-order valence-corrected chi connectivity index (χ3v) is 4.07. The van der Waals surface area contributed by atoms with E-state index in [4.69, 9.17) is 9.84 Å². The molecule has 0 fully saturated rings. The van der Waals surface area contributed by atoms with E-state index in [1.54, 1.807) is 24.5 Å². The average Bonchev–Trinajstić information content (AvgIpc) is 2.59. The minimum Gasteiger partial charge on any atom is -0.488 e. The maximum atomic E-state index is 12.5. The lowest BCUT2D eigenvalue weighted by Crippen LogP contribution is -2.40. The molecule has 6 heteroatoms. The molecule has 1 aromatic carbocycles. The highest BCUT2D eigenvalue weighted by molar-refractivity contribution is 5.97. The van der Waals surface area contributed by atoms with Gasteiger partial charge in [-0.2, -0.15) is 0 Å². The van der Waals surface area contributed by atoms with E-state index in [9.17, 15) is 9.59 Å². The number of rotatable bonds is 6. The highest BCUT2D eigenvalue weighted by Crippen LogP contribution is 2.26. The fourth-order valence-corrected chi connectivity index (χ4v) is 2.49. The summed E-state index contributed by atoms with van der Waals surface area (Å²) in [7, 11) is 1.48. The van der Waals surface area contributed by atoms with Gasteiger partial charge >= 0.3 is 5.97 Å². The first kappa shape index (κ1) is 18.4. The molecule has 1 amide bonds. The van der Waals surface area contributed by atoms with Crippen LogP contribution in [0, 0.1) is 13.8 Å². The molecule has 25 heavy (non-hydrogen) atoms. The molecule has 0 aliphatic rings. The van der Waals surface area contributed by atoms with Gasteiger partial charge in [-0.1, -0.05) is 6.07 Å². The number of ether oxygens (including phenoxy) is 1. The van der Waals surface area contributed by atoms with Gasteiger partial charge in [0.25, 0.3) is 5.91 Å². The Labute approximate surface area is 147 Å². The van der Waals surface area contributed by atoms with Crippen molar-refractivity contribution in [1.29, 1.82) is 0 Å². The summed E-state index contributed by atoms with van der Waals surface area (Å²) in [6.07, 6.45) is 3.44. The second-order valence-electron chi connectivity index (χ2n) is 6.02. The Bertz CT molecular complexity index is 751. The van der Waals surface area contributed by atoms with Gasteiger partial charge in [-0.05, 0) is 50.1 Å². The largest absolute Gasteiger partial charge is 0.488 e. The summed E-state index contributed by atoms with van der Waals surface area (Å²) in [6, 6.07) is 6.32. The normalized spacial score (nSPS) is 11.7.